The number of carbonyl (C=O) groups excluding carboxylic acids is 1. The molecule has 2 rings (SSSR count). The molecule has 1 heterocycles. The van der Waals surface area contributed by atoms with Crippen LogP contribution in [0.1, 0.15) is 12.0 Å². The van der Waals surface area contributed by atoms with E-state index in [-0.39, 0.29) is 18.3 Å². The number of rotatable bonds is 5. The number of aryl methyl sites for hydroxylation is 1. The van der Waals surface area contributed by atoms with E-state index in [2.05, 4.69) is 5.32 Å². The number of ether oxygens (including phenoxy) is 1. The molecular formula is C14H17NO4S. The van der Waals surface area contributed by atoms with E-state index in [1.165, 1.54) is 11.8 Å². The molecule has 0 bridgehead atoms. The monoisotopic (exact) mass is 295 g/mol. The number of aliphatic carboxylic acids is 1. The Balaban J connectivity index is 1.89. The fourth-order valence-corrected chi connectivity index (χ4v) is 2.67. The summed E-state index contributed by atoms with van der Waals surface area (Å²) in [5, 5.41) is 11.8. The number of hydrogen-bond acceptors (Lipinski definition) is 4. The number of thioether (sulfide) groups is 1. The number of benzene rings is 1. The molecule has 108 valence electrons. The maximum Gasteiger partial charge on any atom is 0.331 e. The SMILES string of the molecule is Cc1ccc(SCC(=O)NC2(C(=O)O)CCOC2)cc1. The smallest absolute Gasteiger partial charge is 0.331 e. The summed E-state index contributed by atoms with van der Waals surface area (Å²) in [7, 11) is 0. The summed E-state index contributed by atoms with van der Waals surface area (Å²) >= 11 is 1.39. The molecule has 6 heteroatoms. The molecule has 1 fully saturated rings. The predicted octanol–water partition coefficient (Wildman–Crippen LogP) is 1.45. The fraction of sp³-hybridized carbons (Fsp3) is 0.429. The Morgan fingerprint density at radius 3 is 2.65 bits per heavy atom. The lowest BCUT2D eigenvalue weighted by molar-refractivity contribution is -0.147. The third kappa shape index (κ3) is 3.52. The van der Waals surface area contributed by atoms with Crippen molar-refractivity contribution in [3.05, 3.63) is 29.8 Å². The van der Waals surface area contributed by atoms with Crippen LogP contribution in [0.15, 0.2) is 29.2 Å². The van der Waals surface area contributed by atoms with E-state index >= 15 is 0 Å². The number of carboxylic acids is 1. The quantitative estimate of drug-likeness (QED) is 0.804. The van der Waals surface area contributed by atoms with Crippen LogP contribution in [0.25, 0.3) is 0 Å². The number of carboxylic acid groups (broad SMARTS) is 1. The molecule has 0 aromatic heterocycles. The van der Waals surface area contributed by atoms with Crippen LogP contribution in [-0.2, 0) is 14.3 Å². The van der Waals surface area contributed by atoms with Crippen LogP contribution < -0.4 is 5.32 Å². The Labute approximate surface area is 121 Å². The summed E-state index contributed by atoms with van der Waals surface area (Å²) in [5.74, 6) is -1.13. The number of nitrogens with one attached hydrogen (secondary N) is 1. The summed E-state index contributed by atoms with van der Waals surface area (Å²) in [6.07, 6.45) is 0.309. The zero-order valence-electron chi connectivity index (χ0n) is 11.2. The van der Waals surface area contributed by atoms with E-state index in [9.17, 15) is 14.7 Å². The summed E-state index contributed by atoms with van der Waals surface area (Å²) in [6.45, 7) is 2.39. The second kappa shape index (κ2) is 6.28. The van der Waals surface area contributed by atoms with Crippen molar-refractivity contribution >= 4 is 23.6 Å². The maximum absolute atomic E-state index is 11.9. The molecule has 1 atom stereocenters. The molecule has 0 spiro atoms. The fourth-order valence-electron chi connectivity index (χ4n) is 1.97. The average Bonchev–Trinajstić information content (AvgIpc) is 2.88. The normalized spacial score (nSPS) is 21.6. The van der Waals surface area contributed by atoms with Crippen LogP contribution >= 0.6 is 11.8 Å². The van der Waals surface area contributed by atoms with E-state index in [4.69, 9.17) is 4.74 Å². The molecule has 1 saturated heterocycles. The van der Waals surface area contributed by atoms with Crippen molar-refractivity contribution < 1.29 is 19.4 Å². The van der Waals surface area contributed by atoms with Crippen molar-refractivity contribution in [3.63, 3.8) is 0 Å². The minimum atomic E-state index is -1.26. The largest absolute Gasteiger partial charge is 0.479 e. The highest BCUT2D eigenvalue weighted by Crippen LogP contribution is 2.21. The van der Waals surface area contributed by atoms with Crippen LogP contribution in [0, 0.1) is 6.92 Å². The van der Waals surface area contributed by atoms with Gasteiger partial charge in [-0.25, -0.2) is 4.79 Å². The van der Waals surface area contributed by atoms with Crippen molar-refractivity contribution in [1.82, 2.24) is 5.32 Å². The zero-order chi connectivity index (χ0) is 14.6. The Morgan fingerprint density at radius 2 is 2.10 bits per heavy atom. The van der Waals surface area contributed by atoms with Crippen LogP contribution in [0.4, 0.5) is 0 Å². The first kappa shape index (κ1) is 14.9. The lowest BCUT2D eigenvalue weighted by Gasteiger charge is -2.23. The van der Waals surface area contributed by atoms with E-state index in [1.807, 2.05) is 31.2 Å². The molecule has 1 aliphatic heterocycles. The van der Waals surface area contributed by atoms with Crippen LogP contribution in [-0.4, -0.2) is 41.5 Å². The highest BCUT2D eigenvalue weighted by Gasteiger charge is 2.43. The molecule has 0 radical (unpaired) electrons. The number of amides is 1. The first-order chi connectivity index (χ1) is 9.52. The Bertz CT molecular complexity index is 494. The minimum Gasteiger partial charge on any atom is -0.479 e. The summed E-state index contributed by atoms with van der Waals surface area (Å²) in [5.41, 5.74) is -0.1000. The minimum absolute atomic E-state index is 0.0310. The lowest BCUT2D eigenvalue weighted by atomic mass is 9.99. The molecule has 1 aliphatic rings. The van der Waals surface area contributed by atoms with Crippen LogP contribution in [0.5, 0.6) is 0 Å². The van der Waals surface area contributed by atoms with Crippen molar-refractivity contribution in [2.24, 2.45) is 0 Å². The second-order valence-electron chi connectivity index (χ2n) is 4.84. The zero-order valence-corrected chi connectivity index (χ0v) is 12.0. The Morgan fingerprint density at radius 1 is 1.40 bits per heavy atom. The van der Waals surface area contributed by atoms with Gasteiger partial charge in [-0.15, -0.1) is 11.8 Å². The van der Waals surface area contributed by atoms with E-state index in [0.717, 1.165) is 10.5 Å². The molecule has 5 nitrogen and oxygen atoms in total. The molecule has 20 heavy (non-hydrogen) atoms. The van der Waals surface area contributed by atoms with Crippen molar-refractivity contribution in [1.29, 1.82) is 0 Å². The first-order valence-corrected chi connectivity index (χ1v) is 7.32. The molecular weight excluding hydrogens is 278 g/mol. The van der Waals surface area contributed by atoms with Gasteiger partial charge in [-0.1, -0.05) is 17.7 Å². The van der Waals surface area contributed by atoms with Gasteiger partial charge in [0, 0.05) is 17.9 Å². The van der Waals surface area contributed by atoms with Crippen LogP contribution in [0.3, 0.4) is 0 Å². The third-order valence-corrected chi connectivity index (χ3v) is 4.21. The maximum atomic E-state index is 11.9. The van der Waals surface area contributed by atoms with Gasteiger partial charge in [0.1, 0.15) is 0 Å². The first-order valence-electron chi connectivity index (χ1n) is 6.33. The molecule has 1 aromatic carbocycles. The molecule has 1 amide bonds. The van der Waals surface area contributed by atoms with E-state index in [1.54, 1.807) is 0 Å². The van der Waals surface area contributed by atoms with Crippen molar-refractivity contribution in [3.8, 4) is 0 Å². The number of carbonyl (C=O) groups is 2. The van der Waals surface area contributed by atoms with Crippen LogP contribution in [0.2, 0.25) is 0 Å². The summed E-state index contributed by atoms with van der Waals surface area (Å²) in [4.78, 5) is 24.2. The molecule has 2 N–H and O–H groups in total. The third-order valence-electron chi connectivity index (χ3n) is 3.20. The standard InChI is InChI=1S/C14H17NO4S/c1-10-2-4-11(5-3-10)20-8-12(16)15-14(13(17)18)6-7-19-9-14/h2-5H,6-9H2,1H3,(H,15,16)(H,17,18). The topological polar surface area (TPSA) is 75.6 Å². The Hall–Kier alpha value is -1.53. The molecule has 1 unspecified atom stereocenters. The van der Waals surface area contributed by atoms with E-state index in [0.29, 0.717) is 13.0 Å². The van der Waals surface area contributed by atoms with E-state index < -0.39 is 11.5 Å². The van der Waals surface area contributed by atoms with Gasteiger partial charge in [0.05, 0.1) is 12.4 Å². The summed E-state index contributed by atoms with van der Waals surface area (Å²) in [6, 6.07) is 7.84. The van der Waals surface area contributed by atoms with Gasteiger partial charge in [0.25, 0.3) is 0 Å². The molecule has 1 aromatic rings. The van der Waals surface area contributed by atoms with Crippen molar-refractivity contribution in [2.45, 2.75) is 23.8 Å². The van der Waals surface area contributed by atoms with Gasteiger partial charge in [-0.2, -0.15) is 0 Å². The lowest BCUT2D eigenvalue weighted by Crippen LogP contribution is -2.55. The highest BCUT2D eigenvalue weighted by molar-refractivity contribution is 8.00. The average molecular weight is 295 g/mol. The van der Waals surface area contributed by atoms with Gasteiger partial charge in [-0.05, 0) is 19.1 Å². The number of hydrogen-bond donors (Lipinski definition) is 2. The summed E-state index contributed by atoms with van der Waals surface area (Å²) < 4.78 is 5.10. The van der Waals surface area contributed by atoms with Gasteiger partial charge >= 0.3 is 5.97 Å². The Kier molecular flexibility index (Phi) is 4.67. The predicted molar refractivity (Wildman–Crippen MR) is 75.8 cm³/mol. The highest BCUT2D eigenvalue weighted by atomic mass is 32.2. The second-order valence-corrected chi connectivity index (χ2v) is 5.89. The van der Waals surface area contributed by atoms with Gasteiger partial charge in [-0.3, -0.25) is 4.79 Å². The van der Waals surface area contributed by atoms with Crippen molar-refractivity contribution in [2.75, 3.05) is 19.0 Å². The van der Waals surface area contributed by atoms with Gasteiger partial charge < -0.3 is 15.2 Å². The van der Waals surface area contributed by atoms with Gasteiger partial charge in [0.15, 0.2) is 5.54 Å². The molecule has 0 saturated carbocycles. The van der Waals surface area contributed by atoms with Gasteiger partial charge in [0.2, 0.25) is 5.91 Å². The molecule has 0 aliphatic carbocycles.